The van der Waals surface area contributed by atoms with Crippen LogP contribution >= 0.6 is 23.5 Å². The number of para-hydroxylation sites is 2. The van der Waals surface area contributed by atoms with Crippen molar-refractivity contribution in [2.75, 3.05) is 23.0 Å². The van der Waals surface area contributed by atoms with Gasteiger partial charge in [0, 0.05) is 11.5 Å². The maximum atomic E-state index is 13.2. The van der Waals surface area contributed by atoms with Crippen LogP contribution < -0.4 is 9.47 Å². The van der Waals surface area contributed by atoms with Crippen LogP contribution in [0.1, 0.15) is 0 Å². The summed E-state index contributed by atoms with van der Waals surface area (Å²) in [5, 5.41) is 0. The molecule has 0 heterocycles. The lowest BCUT2D eigenvalue weighted by Gasteiger charge is -2.19. The largest absolute Gasteiger partial charge is 0.479 e. The molecule has 0 aliphatic rings. The Hall–Kier alpha value is -1.50. The first-order valence-corrected chi connectivity index (χ1v) is 13.8. The van der Waals surface area contributed by atoms with E-state index in [1.807, 2.05) is 0 Å². The van der Waals surface area contributed by atoms with E-state index >= 15 is 0 Å². The molecule has 0 spiro atoms. The van der Waals surface area contributed by atoms with Crippen molar-refractivity contribution >= 4 is 44.0 Å². The van der Waals surface area contributed by atoms with E-state index in [2.05, 4.69) is 0 Å². The van der Waals surface area contributed by atoms with Gasteiger partial charge in [-0.3, -0.25) is 0 Å². The zero-order valence-electron chi connectivity index (χ0n) is 15.6. The smallest absolute Gasteiger partial charge is 0.306 e. The van der Waals surface area contributed by atoms with Crippen LogP contribution in [0.2, 0.25) is 0 Å². The molecule has 0 aliphatic heterocycles. The van der Waals surface area contributed by atoms with Crippen LogP contribution in [0.25, 0.3) is 0 Å². The summed E-state index contributed by atoms with van der Waals surface area (Å²) in [5.41, 5.74) is -2.00. The maximum absolute atomic E-state index is 13.2. The molecule has 2 aromatic rings. The quantitative estimate of drug-likeness (QED) is 0.234. The number of halogens is 2. The first-order chi connectivity index (χ1) is 14.1. The molecule has 12 heteroatoms. The molecular formula is C18H20F2O6S4. The molecule has 0 bridgehead atoms. The molecule has 0 fully saturated rings. The summed E-state index contributed by atoms with van der Waals surface area (Å²) in [6.45, 7) is 0. The standard InChI is InChI=1S/C18H20F2O6S4/c19-29(21,22)13-17(25-15-7-3-1-4-8-15)27-11-12-28-18(14-30(20,23)24)26-16-9-5-2-6-10-16/h1-10,17-18H,11-14H2/t17-,18-/m1/s1. The van der Waals surface area contributed by atoms with E-state index in [-0.39, 0.29) is 0 Å². The zero-order chi connectivity index (χ0) is 22.0. The Bertz CT molecular complexity index is 891. The van der Waals surface area contributed by atoms with Crippen LogP contribution in [0.5, 0.6) is 11.5 Å². The molecular weight excluding hydrogens is 478 g/mol. The Morgan fingerprint density at radius 2 is 1.00 bits per heavy atom. The predicted molar refractivity (Wildman–Crippen MR) is 116 cm³/mol. The van der Waals surface area contributed by atoms with E-state index in [4.69, 9.17) is 9.47 Å². The van der Waals surface area contributed by atoms with Crippen molar-refractivity contribution in [3.05, 3.63) is 60.7 Å². The van der Waals surface area contributed by atoms with Crippen LogP contribution in [0.4, 0.5) is 7.77 Å². The lowest BCUT2D eigenvalue weighted by molar-refractivity contribution is 0.306. The SMILES string of the molecule is O=S(=O)(F)C[C@H](Oc1ccccc1)SCCS[C@H](CS(=O)(=O)F)Oc1ccccc1. The van der Waals surface area contributed by atoms with Gasteiger partial charge in [0.25, 0.3) is 0 Å². The molecule has 2 aromatic carbocycles. The number of rotatable bonds is 13. The van der Waals surface area contributed by atoms with Gasteiger partial charge in [0.15, 0.2) is 10.9 Å². The van der Waals surface area contributed by atoms with Crippen LogP contribution in [0.15, 0.2) is 60.7 Å². The molecule has 0 N–H and O–H groups in total. The summed E-state index contributed by atoms with van der Waals surface area (Å²) < 4.78 is 81.5. The van der Waals surface area contributed by atoms with Gasteiger partial charge in [-0.15, -0.1) is 31.3 Å². The third kappa shape index (κ3) is 11.0. The van der Waals surface area contributed by atoms with Crippen LogP contribution in [-0.4, -0.2) is 50.7 Å². The fraction of sp³-hybridized carbons (Fsp3) is 0.333. The Morgan fingerprint density at radius 1 is 0.667 bits per heavy atom. The minimum absolute atomic E-state index is 0.290. The Morgan fingerprint density at radius 3 is 1.30 bits per heavy atom. The molecule has 30 heavy (non-hydrogen) atoms. The molecule has 0 saturated heterocycles. The molecule has 0 radical (unpaired) electrons. The average molecular weight is 499 g/mol. The van der Waals surface area contributed by atoms with Gasteiger partial charge < -0.3 is 9.47 Å². The van der Waals surface area contributed by atoms with Crippen LogP contribution in [0, 0.1) is 0 Å². The highest BCUT2D eigenvalue weighted by atomic mass is 32.3. The molecule has 0 saturated carbocycles. The minimum Gasteiger partial charge on any atom is -0.479 e. The molecule has 0 unspecified atom stereocenters. The van der Waals surface area contributed by atoms with Crippen molar-refractivity contribution in [1.29, 1.82) is 0 Å². The Labute approximate surface area is 183 Å². The van der Waals surface area contributed by atoms with Gasteiger partial charge in [0.05, 0.1) is 0 Å². The monoisotopic (exact) mass is 498 g/mol. The number of hydrogen-bond donors (Lipinski definition) is 0. The lowest BCUT2D eigenvalue weighted by atomic mass is 10.3. The molecule has 0 aliphatic carbocycles. The van der Waals surface area contributed by atoms with Gasteiger partial charge in [0.2, 0.25) is 0 Å². The third-order valence-corrected chi connectivity index (χ3v) is 7.61. The first-order valence-electron chi connectivity index (χ1n) is 8.62. The van der Waals surface area contributed by atoms with Crippen molar-refractivity contribution in [3.63, 3.8) is 0 Å². The molecule has 2 atom stereocenters. The normalized spacial score (nSPS) is 14.1. The summed E-state index contributed by atoms with van der Waals surface area (Å²) in [4.78, 5) is 0. The van der Waals surface area contributed by atoms with Crippen LogP contribution in [-0.2, 0) is 20.4 Å². The zero-order valence-corrected chi connectivity index (χ0v) is 18.9. The Kier molecular flexibility index (Phi) is 9.72. The topological polar surface area (TPSA) is 86.7 Å². The van der Waals surface area contributed by atoms with Crippen molar-refractivity contribution in [1.82, 2.24) is 0 Å². The van der Waals surface area contributed by atoms with Gasteiger partial charge >= 0.3 is 20.4 Å². The van der Waals surface area contributed by atoms with Gasteiger partial charge in [-0.1, -0.05) is 36.4 Å². The number of benzene rings is 2. The van der Waals surface area contributed by atoms with Gasteiger partial charge in [-0.25, -0.2) is 0 Å². The fourth-order valence-corrected chi connectivity index (χ4v) is 6.40. The highest BCUT2D eigenvalue weighted by Crippen LogP contribution is 2.24. The molecule has 0 amide bonds. The molecule has 0 aromatic heterocycles. The molecule has 166 valence electrons. The molecule has 6 nitrogen and oxygen atoms in total. The van der Waals surface area contributed by atoms with Crippen molar-refractivity contribution in [3.8, 4) is 11.5 Å². The number of thioether (sulfide) groups is 2. The average Bonchev–Trinajstić information content (AvgIpc) is 2.64. The molecule has 2 rings (SSSR count). The highest BCUT2D eigenvalue weighted by Gasteiger charge is 2.23. The maximum Gasteiger partial charge on any atom is 0.306 e. The van der Waals surface area contributed by atoms with Gasteiger partial charge in [-0.05, 0) is 24.3 Å². The summed E-state index contributed by atoms with van der Waals surface area (Å²) in [6, 6.07) is 16.7. The van der Waals surface area contributed by atoms with Gasteiger partial charge in [-0.2, -0.15) is 16.8 Å². The van der Waals surface area contributed by atoms with Crippen molar-refractivity contribution in [2.45, 2.75) is 10.9 Å². The third-order valence-electron chi connectivity index (χ3n) is 3.38. The van der Waals surface area contributed by atoms with Crippen molar-refractivity contribution < 1.29 is 34.1 Å². The first kappa shape index (κ1) is 24.8. The van der Waals surface area contributed by atoms with Crippen LogP contribution in [0.3, 0.4) is 0 Å². The second kappa shape index (κ2) is 11.8. The van der Waals surface area contributed by atoms with Crippen molar-refractivity contribution in [2.24, 2.45) is 0 Å². The lowest BCUT2D eigenvalue weighted by Crippen LogP contribution is -2.24. The predicted octanol–water partition coefficient (Wildman–Crippen LogP) is 3.86. The number of ether oxygens (including phenoxy) is 2. The Balaban J connectivity index is 1.92. The van der Waals surface area contributed by atoms with E-state index in [9.17, 15) is 24.6 Å². The summed E-state index contributed by atoms with van der Waals surface area (Å²) >= 11 is 2.10. The van der Waals surface area contributed by atoms with E-state index in [1.54, 1.807) is 60.7 Å². The second-order valence-electron chi connectivity index (χ2n) is 5.87. The van der Waals surface area contributed by atoms with Gasteiger partial charge in [0.1, 0.15) is 23.0 Å². The number of hydrogen-bond acceptors (Lipinski definition) is 8. The fourth-order valence-electron chi connectivity index (χ4n) is 2.22. The van der Waals surface area contributed by atoms with E-state index < -0.39 is 42.8 Å². The minimum atomic E-state index is -4.77. The summed E-state index contributed by atoms with van der Waals surface area (Å²) in [6.07, 6.45) is 0. The van der Waals surface area contributed by atoms with E-state index in [0.29, 0.717) is 23.0 Å². The van der Waals surface area contributed by atoms with E-state index in [1.165, 1.54) is 0 Å². The summed E-state index contributed by atoms with van der Waals surface area (Å²) in [7, 11) is -9.54. The highest BCUT2D eigenvalue weighted by molar-refractivity contribution is 8.04. The van der Waals surface area contributed by atoms with E-state index in [0.717, 1.165) is 23.5 Å². The second-order valence-corrected chi connectivity index (χ2v) is 11.2. The summed E-state index contributed by atoms with van der Waals surface area (Å²) in [5.74, 6) is -0.308.